The summed E-state index contributed by atoms with van der Waals surface area (Å²) < 4.78 is 2.75. The van der Waals surface area contributed by atoms with Gasteiger partial charge in [0.15, 0.2) is 0 Å². The molecule has 2 heteroatoms. The van der Waals surface area contributed by atoms with E-state index >= 15 is 0 Å². The standard InChI is InChI=1S/C28H22S2/c1-15-7-19-11-24-25-12-20-9-17(3)23(26-6-5-18(4)29-26)10-22(20)14-28(25)30-27(24)13-21(19)8-16(15)2/h5-14H,1-4H3. The quantitative estimate of drug-likeness (QED) is 0.247. The molecule has 0 nitrogen and oxygen atoms in total. The molecule has 0 saturated heterocycles. The predicted octanol–water partition coefficient (Wildman–Crippen LogP) is 9.32. The topological polar surface area (TPSA) is 0 Å². The second kappa shape index (κ2) is 6.41. The first-order valence-electron chi connectivity index (χ1n) is 10.3. The molecule has 0 amide bonds. The Morgan fingerprint density at radius 2 is 1.03 bits per heavy atom. The van der Waals surface area contributed by atoms with Crippen LogP contribution in [-0.4, -0.2) is 0 Å². The maximum absolute atomic E-state index is 2.40. The highest BCUT2D eigenvalue weighted by molar-refractivity contribution is 7.26. The molecule has 0 spiro atoms. The van der Waals surface area contributed by atoms with Gasteiger partial charge in [0.25, 0.3) is 0 Å². The van der Waals surface area contributed by atoms with Crippen LogP contribution < -0.4 is 0 Å². The fourth-order valence-electron chi connectivity index (χ4n) is 4.55. The third kappa shape index (κ3) is 2.71. The molecule has 146 valence electrons. The zero-order valence-electron chi connectivity index (χ0n) is 17.6. The van der Waals surface area contributed by atoms with Gasteiger partial charge in [-0.3, -0.25) is 0 Å². The van der Waals surface area contributed by atoms with Gasteiger partial charge in [-0.15, -0.1) is 22.7 Å². The Morgan fingerprint density at radius 1 is 0.500 bits per heavy atom. The Morgan fingerprint density at radius 3 is 1.60 bits per heavy atom. The van der Waals surface area contributed by atoms with E-state index in [-0.39, 0.29) is 0 Å². The molecule has 0 radical (unpaired) electrons. The predicted molar refractivity (Wildman–Crippen MR) is 137 cm³/mol. The van der Waals surface area contributed by atoms with Crippen molar-refractivity contribution in [2.24, 2.45) is 0 Å². The normalized spacial score (nSPS) is 12.0. The smallest absolute Gasteiger partial charge is 0.0361 e. The molecule has 2 aromatic heterocycles. The summed E-state index contributed by atoms with van der Waals surface area (Å²) in [4.78, 5) is 2.72. The van der Waals surface area contributed by atoms with E-state index in [2.05, 4.69) is 88.4 Å². The van der Waals surface area contributed by atoms with E-state index in [1.807, 2.05) is 22.7 Å². The molecule has 6 aromatic rings. The lowest BCUT2D eigenvalue weighted by atomic mass is 9.98. The highest BCUT2D eigenvalue weighted by Gasteiger charge is 2.12. The molecule has 0 fully saturated rings. The molecule has 0 aliphatic heterocycles. The van der Waals surface area contributed by atoms with Crippen molar-refractivity contribution in [1.29, 1.82) is 0 Å². The van der Waals surface area contributed by atoms with Crippen LogP contribution in [0.25, 0.3) is 52.2 Å². The largest absolute Gasteiger partial charge is 0.141 e. The van der Waals surface area contributed by atoms with Crippen LogP contribution in [0.4, 0.5) is 0 Å². The van der Waals surface area contributed by atoms with Gasteiger partial charge in [-0.05, 0) is 114 Å². The molecule has 0 unspecified atom stereocenters. The van der Waals surface area contributed by atoms with Gasteiger partial charge in [-0.25, -0.2) is 0 Å². The second-order valence-electron chi connectivity index (χ2n) is 8.51. The van der Waals surface area contributed by atoms with Crippen molar-refractivity contribution in [3.63, 3.8) is 0 Å². The lowest BCUT2D eigenvalue weighted by molar-refractivity contribution is 1.37. The van der Waals surface area contributed by atoms with Crippen molar-refractivity contribution in [2.75, 3.05) is 0 Å². The van der Waals surface area contributed by atoms with Gasteiger partial charge < -0.3 is 0 Å². The fourth-order valence-corrected chi connectivity index (χ4v) is 6.67. The molecule has 4 aromatic carbocycles. The van der Waals surface area contributed by atoms with Gasteiger partial charge in [0.1, 0.15) is 0 Å². The average Bonchev–Trinajstić information content (AvgIpc) is 3.28. The maximum atomic E-state index is 2.40. The Labute approximate surface area is 184 Å². The van der Waals surface area contributed by atoms with Gasteiger partial charge in [-0.1, -0.05) is 18.2 Å². The summed E-state index contributed by atoms with van der Waals surface area (Å²) in [6, 6.07) is 23.4. The van der Waals surface area contributed by atoms with Gasteiger partial charge in [0.2, 0.25) is 0 Å². The molecule has 0 bridgehead atoms. The number of aryl methyl sites for hydroxylation is 4. The van der Waals surface area contributed by atoms with Crippen LogP contribution >= 0.6 is 22.7 Å². The van der Waals surface area contributed by atoms with Crippen molar-refractivity contribution in [3.05, 3.63) is 82.2 Å². The number of hydrogen-bond acceptors (Lipinski definition) is 2. The van der Waals surface area contributed by atoms with E-state index in [0.29, 0.717) is 0 Å². The van der Waals surface area contributed by atoms with E-state index in [4.69, 9.17) is 0 Å². The monoisotopic (exact) mass is 422 g/mol. The van der Waals surface area contributed by atoms with Crippen molar-refractivity contribution in [3.8, 4) is 10.4 Å². The van der Waals surface area contributed by atoms with E-state index in [1.54, 1.807) is 0 Å². The molecule has 0 N–H and O–H groups in total. The van der Waals surface area contributed by atoms with Gasteiger partial charge in [-0.2, -0.15) is 0 Å². The first-order valence-corrected chi connectivity index (χ1v) is 12.0. The number of hydrogen-bond donors (Lipinski definition) is 0. The summed E-state index contributed by atoms with van der Waals surface area (Å²) in [5, 5.41) is 8.09. The van der Waals surface area contributed by atoms with Crippen LogP contribution in [0.5, 0.6) is 0 Å². The first kappa shape index (κ1) is 18.1. The fraction of sp³-hybridized carbons (Fsp3) is 0.143. The molecule has 6 rings (SSSR count). The van der Waals surface area contributed by atoms with Crippen molar-refractivity contribution in [1.82, 2.24) is 0 Å². The summed E-state index contributed by atoms with van der Waals surface area (Å²) in [6.45, 7) is 8.82. The summed E-state index contributed by atoms with van der Waals surface area (Å²) in [7, 11) is 0. The second-order valence-corrected chi connectivity index (χ2v) is 10.9. The maximum Gasteiger partial charge on any atom is 0.0361 e. The highest BCUT2D eigenvalue weighted by Crippen LogP contribution is 2.40. The van der Waals surface area contributed by atoms with Crippen LogP contribution in [-0.2, 0) is 0 Å². The number of thiophene rings is 2. The van der Waals surface area contributed by atoms with E-state index in [1.165, 1.54) is 73.7 Å². The van der Waals surface area contributed by atoms with Crippen LogP contribution in [0, 0.1) is 27.7 Å². The summed E-state index contributed by atoms with van der Waals surface area (Å²) in [6.07, 6.45) is 0. The van der Waals surface area contributed by atoms with Gasteiger partial charge >= 0.3 is 0 Å². The molecule has 2 heterocycles. The summed E-state index contributed by atoms with van der Waals surface area (Å²) in [5.74, 6) is 0. The number of fused-ring (bicyclic) bond motifs is 5. The zero-order valence-corrected chi connectivity index (χ0v) is 19.2. The van der Waals surface area contributed by atoms with Crippen LogP contribution in [0.15, 0.2) is 60.7 Å². The van der Waals surface area contributed by atoms with Crippen LogP contribution in [0.3, 0.4) is 0 Å². The molecule has 0 atom stereocenters. The average molecular weight is 423 g/mol. The Kier molecular flexibility index (Phi) is 3.87. The third-order valence-corrected chi connectivity index (χ3v) is 8.50. The summed E-state index contributed by atoms with van der Waals surface area (Å²) >= 11 is 3.79. The molecule has 0 aliphatic rings. The lowest BCUT2D eigenvalue weighted by Gasteiger charge is -2.08. The zero-order chi connectivity index (χ0) is 20.6. The SMILES string of the molecule is Cc1ccc(-c2cc3cc4sc5cc6cc(C)c(C)cc6cc5c4cc3cc2C)s1. The van der Waals surface area contributed by atoms with E-state index in [9.17, 15) is 0 Å². The minimum absolute atomic E-state index is 1.33. The van der Waals surface area contributed by atoms with Crippen molar-refractivity contribution >= 4 is 64.4 Å². The van der Waals surface area contributed by atoms with Gasteiger partial charge in [0, 0.05) is 29.9 Å². The minimum atomic E-state index is 1.33. The Hall–Kier alpha value is -2.68. The number of benzene rings is 4. The molecule has 0 aliphatic carbocycles. The highest BCUT2D eigenvalue weighted by atomic mass is 32.1. The molecular formula is C28H22S2. The van der Waals surface area contributed by atoms with Gasteiger partial charge in [0.05, 0.1) is 0 Å². The lowest BCUT2D eigenvalue weighted by Crippen LogP contribution is -1.83. The molecular weight excluding hydrogens is 400 g/mol. The van der Waals surface area contributed by atoms with E-state index in [0.717, 1.165) is 0 Å². The molecule has 30 heavy (non-hydrogen) atoms. The summed E-state index contributed by atoms with van der Waals surface area (Å²) in [5.41, 5.74) is 5.43. The minimum Gasteiger partial charge on any atom is -0.141 e. The van der Waals surface area contributed by atoms with E-state index < -0.39 is 0 Å². The Bertz CT molecular complexity index is 1630. The van der Waals surface area contributed by atoms with Crippen LogP contribution in [0.2, 0.25) is 0 Å². The number of rotatable bonds is 1. The molecule has 0 saturated carbocycles. The third-order valence-electron chi connectivity index (χ3n) is 6.35. The Balaban J connectivity index is 1.64. The van der Waals surface area contributed by atoms with Crippen molar-refractivity contribution in [2.45, 2.75) is 27.7 Å². The van der Waals surface area contributed by atoms with Crippen LogP contribution in [0.1, 0.15) is 21.6 Å². The van der Waals surface area contributed by atoms with Crippen molar-refractivity contribution < 1.29 is 0 Å². The first-order chi connectivity index (χ1) is 14.5.